The van der Waals surface area contributed by atoms with E-state index in [1.165, 1.54) is 25.3 Å². The van der Waals surface area contributed by atoms with Gasteiger partial charge in [0, 0.05) is 29.9 Å². The van der Waals surface area contributed by atoms with E-state index in [0.717, 1.165) is 0 Å². The summed E-state index contributed by atoms with van der Waals surface area (Å²) in [5.74, 6) is -1.09. The first kappa shape index (κ1) is 22.3. The van der Waals surface area contributed by atoms with E-state index in [1.54, 1.807) is 45.9 Å². The van der Waals surface area contributed by atoms with Gasteiger partial charge >= 0.3 is 11.9 Å². The highest BCUT2D eigenvalue weighted by molar-refractivity contribution is 5.89. The molecule has 0 saturated heterocycles. The lowest BCUT2D eigenvalue weighted by molar-refractivity contribution is -0.143. The molecule has 0 bridgehead atoms. The van der Waals surface area contributed by atoms with Gasteiger partial charge in [-0.1, -0.05) is 12.6 Å². The average Bonchev–Trinajstić information content (AvgIpc) is 2.62. The van der Waals surface area contributed by atoms with Crippen LogP contribution in [0.5, 0.6) is 11.5 Å². The molecule has 154 valence electrons. The third kappa shape index (κ3) is 5.74. The number of ether oxygens (including phenoxy) is 3. The van der Waals surface area contributed by atoms with E-state index in [9.17, 15) is 14.0 Å². The molecule has 0 heterocycles. The van der Waals surface area contributed by atoms with Gasteiger partial charge in [0.1, 0.15) is 17.3 Å². The largest absolute Gasteiger partial charge is 0.426 e. The zero-order valence-electron chi connectivity index (χ0n) is 17.3. The molecule has 0 N–H and O–H groups in total. The molecule has 0 saturated carbocycles. The molecule has 0 amide bonds. The molecule has 2 rings (SSSR count). The zero-order chi connectivity index (χ0) is 21.8. The maximum Gasteiger partial charge on any atom is 0.338 e. The zero-order valence-corrected chi connectivity index (χ0v) is 17.3. The van der Waals surface area contributed by atoms with Crippen LogP contribution in [0.4, 0.5) is 4.39 Å². The first-order valence-electron chi connectivity index (χ1n) is 9.04. The molecule has 0 aliphatic rings. The normalized spacial score (nSPS) is 11.1. The number of carbonyl (C=O) groups is 2. The van der Waals surface area contributed by atoms with Crippen molar-refractivity contribution in [2.24, 2.45) is 5.41 Å². The van der Waals surface area contributed by atoms with Gasteiger partial charge in [-0.2, -0.15) is 0 Å². The molecule has 0 aromatic heterocycles. The second kappa shape index (κ2) is 9.01. The number of benzene rings is 2. The molecule has 5 nitrogen and oxygen atoms in total. The van der Waals surface area contributed by atoms with Gasteiger partial charge in [-0.05, 0) is 57.5 Å². The van der Waals surface area contributed by atoms with Gasteiger partial charge in [-0.25, -0.2) is 9.18 Å². The number of esters is 2. The van der Waals surface area contributed by atoms with E-state index in [2.05, 4.69) is 6.58 Å². The molecule has 29 heavy (non-hydrogen) atoms. The van der Waals surface area contributed by atoms with Crippen LogP contribution in [0, 0.1) is 11.2 Å². The van der Waals surface area contributed by atoms with Gasteiger partial charge in [-0.15, -0.1) is 0 Å². The second-order valence-electron chi connectivity index (χ2n) is 7.71. The van der Waals surface area contributed by atoms with Crippen molar-refractivity contribution in [3.05, 3.63) is 59.9 Å². The van der Waals surface area contributed by atoms with Crippen LogP contribution in [0.3, 0.4) is 0 Å². The number of rotatable bonds is 6. The minimum Gasteiger partial charge on any atom is -0.426 e. The summed E-state index contributed by atoms with van der Waals surface area (Å²) in [6.45, 7) is 10.4. The number of hydrogen-bond donors (Lipinski definition) is 0. The topological polar surface area (TPSA) is 61.8 Å². The second-order valence-corrected chi connectivity index (χ2v) is 7.71. The monoisotopic (exact) mass is 400 g/mol. The number of methoxy groups -OCH3 is 1. The Morgan fingerprint density at radius 2 is 1.76 bits per heavy atom. The fourth-order valence-corrected chi connectivity index (χ4v) is 2.36. The van der Waals surface area contributed by atoms with Crippen molar-refractivity contribution >= 4 is 11.9 Å². The lowest BCUT2D eigenvalue weighted by Crippen LogP contribution is -2.25. The molecule has 0 unspecified atom stereocenters. The average molecular weight is 400 g/mol. The van der Waals surface area contributed by atoms with Gasteiger partial charge < -0.3 is 14.2 Å². The number of halogens is 1. The van der Waals surface area contributed by atoms with Crippen LogP contribution in [0.25, 0.3) is 11.1 Å². The lowest BCUT2D eigenvalue weighted by atomic mass is 9.97. The molecule has 0 fully saturated rings. The summed E-state index contributed by atoms with van der Waals surface area (Å²) in [6.07, 6.45) is 0. The third-order valence-corrected chi connectivity index (χ3v) is 3.99. The van der Waals surface area contributed by atoms with Crippen molar-refractivity contribution in [1.82, 2.24) is 0 Å². The summed E-state index contributed by atoms with van der Waals surface area (Å²) >= 11 is 0. The van der Waals surface area contributed by atoms with E-state index < -0.39 is 23.2 Å². The SMILES string of the molecule is C=C(C)C(=O)Oc1ccc(-c2ccc(OC(=O)C(C)(C)C)cc2F)cc1COC. The Morgan fingerprint density at radius 1 is 1.07 bits per heavy atom. The van der Waals surface area contributed by atoms with Crippen LogP contribution in [0.15, 0.2) is 48.6 Å². The molecule has 0 atom stereocenters. The third-order valence-electron chi connectivity index (χ3n) is 3.99. The Balaban J connectivity index is 2.34. The van der Waals surface area contributed by atoms with Gasteiger partial charge in [0.25, 0.3) is 0 Å². The van der Waals surface area contributed by atoms with Gasteiger partial charge in [0.2, 0.25) is 0 Å². The van der Waals surface area contributed by atoms with Crippen LogP contribution >= 0.6 is 0 Å². The van der Waals surface area contributed by atoms with E-state index in [0.29, 0.717) is 22.4 Å². The first-order valence-corrected chi connectivity index (χ1v) is 9.04. The molecule has 6 heteroatoms. The Bertz CT molecular complexity index is 941. The molecular weight excluding hydrogens is 375 g/mol. The van der Waals surface area contributed by atoms with Crippen LogP contribution in [-0.4, -0.2) is 19.0 Å². The van der Waals surface area contributed by atoms with Crippen molar-refractivity contribution in [2.45, 2.75) is 34.3 Å². The van der Waals surface area contributed by atoms with E-state index in [1.807, 2.05) is 0 Å². The maximum atomic E-state index is 14.7. The minimum atomic E-state index is -0.693. The fraction of sp³-hybridized carbons (Fsp3) is 0.304. The summed E-state index contributed by atoms with van der Waals surface area (Å²) in [5, 5.41) is 0. The van der Waals surface area contributed by atoms with Crippen molar-refractivity contribution < 1.29 is 28.2 Å². The highest BCUT2D eigenvalue weighted by Gasteiger charge is 2.24. The van der Waals surface area contributed by atoms with Gasteiger partial charge in [0.05, 0.1) is 12.0 Å². The highest BCUT2D eigenvalue weighted by Crippen LogP contribution is 2.31. The molecule has 2 aromatic rings. The van der Waals surface area contributed by atoms with E-state index >= 15 is 0 Å². The van der Waals surface area contributed by atoms with Crippen molar-refractivity contribution in [1.29, 1.82) is 0 Å². The van der Waals surface area contributed by atoms with Gasteiger partial charge in [0.15, 0.2) is 0 Å². The summed E-state index contributed by atoms with van der Waals surface area (Å²) < 4.78 is 30.4. The quantitative estimate of drug-likeness (QED) is 0.385. The summed E-state index contributed by atoms with van der Waals surface area (Å²) in [6, 6.07) is 9.14. The smallest absolute Gasteiger partial charge is 0.338 e. The predicted octanol–water partition coefficient (Wildman–Crippen LogP) is 5.07. The Labute approximate surface area is 170 Å². The molecule has 0 aliphatic carbocycles. The van der Waals surface area contributed by atoms with Crippen LogP contribution in [0.2, 0.25) is 0 Å². The number of hydrogen-bond acceptors (Lipinski definition) is 5. The molecule has 2 aromatic carbocycles. The summed E-state index contributed by atoms with van der Waals surface area (Å²) in [4.78, 5) is 23.8. The number of carbonyl (C=O) groups excluding carboxylic acids is 2. The lowest BCUT2D eigenvalue weighted by Gasteiger charge is -2.17. The van der Waals surface area contributed by atoms with Crippen LogP contribution in [0.1, 0.15) is 33.3 Å². The molecule has 0 aliphatic heterocycles. The van der Waals surface area contributed by atoms with Crippen LogP contribution in [-0.2, 0) is 20.9 Å². The fourth-order valence-electron chi connectivity index (χ4n) is 2.36. The van der Waals surface area contributed by atoms with E-state index in [4.69, 9.17) is 14.2 Å². The molecule has 0 spiro atoms. The van der Waals surface area contributed by atoms with Crippen LogP contribution < -0.4 is 9.47 Å². The molecular formula is C23H25FO5. The molecule has 0 radical (unpaired) electrons. The van der Waals surface area contributed by atoms with E-state index in [-0.39, 0.29) is 17.9 Å². The Morgan fingerprint density at radius 3 is 2.31 bits per heavy atom. The summed E-state index contributed by atoms with van der Waals surface area (Å²) in [5.41, 5.74) is 1.04. The first-order chi connectivity index (χ1) is 13.5. The maximum absolute atomic E-state index is 14.7. The predicted molar refractivity (Wildman–Crippen MR) is 108 cm³/mol. The van der Waals surface area contributed by atoms with Gasteiger partial charge in [-0.3, -0.25) is 4.79 Å². The highest BCUT2D eigenvalue weighted by atomic mass is 19.1. The van der Waals surface area contributed by atoms with Crippen molar-refractivity contribution in [2.75, 3.05) is 7.11 Å². The van der Waals surface area contributed by atoms with Crippen molar-refractivity contribution in [3.8, 4) is 22.6 Å². The minimum absolute atomic E-state index is 0.135. The van der Waals surface area contributed by atoms with Crippen molar-refractivity contribution in [3.63, 3.8) is 0 Å². The standard InChI is InChI=1S/C23H25FO5/c1-14(2)21(25)29-20-10-7-15(11-16(20)13-27-6)18-9-8-17(12-19(18)24)28-22(26)23(3,4)5/h7-12H,1,13H2,2-6H3. The summed E-state index contributed by atoms with van der Waals surface area (Å²) in [7, 11) is 1.51. The Kier molecular flexibility index (Phi) is 6.93. The Hall–Kier alpha value is -2.99.